The Kier molecular flexibility index (Phi) is 3.20. The summed E-state index contributed by atoms with van der Waals surface area (Å²) in [4.78, 5) is 4.10. The van der Waals surface area contributed by atoms with Crippen molar-refractivity contribution in [1.29, 1.82) is 0 Å². The van der Waals surface area contributed by atoms with Crippen LogP contribution >= 0.6 is 0 Å². The van der Waals surface area contributed by atoms with Crippen LogP contribution in [-0.4, -0.2) is 24.0 Å². The second-order valence-electron chi connectivity index (χ2n) is 4.66. The van der Waals surface area contributed by atoms with Gasteiger partial charge < -0.3 is 19.3 Å². The first-order valence-electron chi connectivity index (χ1n) is 6.26. The molecule has 1 aliphatic rings. The Morgan fingerprint density at radius 3 is 2.80 bits per heavy atom. The smallest absolute Gasteiger partial charge is 0.231 e. The molecule has 20 heavy (non-hydrogen) atoms. The molecule has 1 N–H and O–H groups in total. The van der Waals surface area contributed by atoms with Crippen molar-refractivity contribution >= 4 is 0 Å². The molecule has 104 valence electrons. The lowest BCUT2D eigenvalue weighted by Gasteiger charge is -2.14. The quantitative estimate of drug-likeness (QED) is 0.929. The zero-order valence-electron chi connectivity index (χ0n) is 11.3. The van der Waals surface area contributed by atoms with E-state index in [1.165, 1.54) is 0 Å². The first-order chi connectivity index (χ1) is 9.69. The third-order valence-electron chi connectivity index (χ3n) is 3.21. The molecule has 0 radical (unpaired) electrons. The highest BCUT2D eigenvalue weighted by Crippen LogP contribution is 2.43. The molecule has 0 fully saturated rings. The number of nitrogens with zero attached hydrogens (tertiary/aromatic N) is 1. The molecular formula is C15H15NO4. The number of methoxy groups -OCH3 is 1. The monoisotopic (exact) mass is 273 g/mol. The average Bonchev–Trinajstić information content (AvgIpc) is 2.93. The predicted molar refractivity (Wildman–Crippen MR) is 72.2 cm³/mol. The van der Waals surface area contributed by atoms with Gasteiger partial charge in [-0.25, -0.2) is 0 Å². The fourth-order valence-corrected chi connectivity index (χ4v) is 2.23. The Balaban J connectivity index is 2.02. The molecule has 2 heterocycles. The highest BCUT2D eigenvalue weighted by Gasteiger charge is 2.23. The van der Waals surface area contributed by atoms with Crippen molar-refractivity contribution in [3.05, 3.63) is 47.3 Å². The van der Waals surface area contributed by atoms with E-state index in [0.29, 0.717) is 22.8 Å². The van der Waals surface area contributed by atoms with Crippen molar-refractivity contribution < 1.29 is 19.3 Å². The molecule has 5 heteroatoms. The van der Waals surface area contributed by atoms with E-state index in [2.05, 4.69) is 4.98 Å². The second-order valence-corrected chi connectivity index (χ2v) is 4.66. The number of fused-ring (bicyclic) bond motifs is 1. The lowest BCUT2D eigenvalue weighted by atomic mass is 10.0. The standard InChI is InChI=1S/C15H15NO4/c1-9-3-11(7-16-6-9)14(17)10-4-12(18-2)15-13(5-10)19-8-20-15/h3-7,14,17H,8H2,1-2H3. The van der Waals surface area contributed by atoms with Crippen LogP contribution in [0.1, 0.15) is 22.8 Å². The number of aryl methyl sites for hydroxylation is 1. The summed E-state index contributed by atoms with van der Waals surface area (Å²) in [5, 5.41) is 10.5. The second kappa shape index (κ2) is 5.02. The maximum absolute atomic E-state index is 10.5. The molecule has 0 spiro atoms. The molecule has 1 aromatic heterocycles. The number of ether oxygens (including phenoxy) is 3. The third-order valence-corrected chi connectivity index (χ3v) is 3.21. The van der Waals surface area contributed by atoms with Gasteiger partial charge in [0.05, 0.1) is 7.11 Å². The summed E-state index contributed by atoms with van der Waals surface area (Å²) in [5.74, 6) is 1.71. The minimum atomic E-state index is -0.786. The van der Waals surface area contributed by atoms with Crippen molar-refractivity contribution in [1.82, 2.24) is 4.98 Å². The molecular weight excluding hydrogens is 258 g/mol. The highest BCUT2D eigenvalue weighted by atomic mass is 16.7. The summed E-state index contributed by atoms with van der Waals surface area (Å²) in [5.41, 5.74) is 2.40. The Morgan fingerprint density at radius 2 is 2.05 bits per heavy atom. The molecule has 0 bridgehead atoms. The Bertz CT molecular complexity index is 642. The molecule has 0 amide bonds. The lowest BCUT2D eigenvalue weighted by Crippen LogP contribution is -2.01. The van der Waals surface area contributed by atoms with Crippen LogP contribution in [0.5, 0.6) is 17.2 Å². The van der Waals surface area contributed by atoms with Crippen LogP contribution in [0.2, 0.25) is 0 Å². The van der Waals surface area contributed by atoms with E-state index in [4.69, 9.17) is 14.2 Å². The molecule has 1 unspecified atom stereocenters. The van der Waals surface area contributed by atoms with Gasteiger partial charge in [-0.05, 0) is 30.2 Å². The van der Waals surface area contributed by atoms with Crippen LogP contribution < -0.4 is 14.2 Å². The van der Waals surface area contributed by atoms with Crippen molar-refractivity contribution in [3.8, 4) is 17.2 Å². The third kappa shape index (κ3) is 2.16. The van der Waals surface area contributed by atoms with E-state index >= 15 is 0 Å². The van der Waals surface area contributed by atoms with E-state index < -0.39 is 6.10 Å². The Labute approximate surface area is 116 Å². The van der Waals surface area contributed by atoms with Crippen molar-refractivity contribution in [2.24, 2.45) is 0 Å². The number of pyridine rings is 1. The molecule has 2 aromatic rings. The van der Waals surface area contributed by atoms with E-state index in [9.17, 15) is 5.11 Å². The van der Waals surface area contributed by atoms with E-state index in [1.54, 1.807) is 31.6 Å². The Hall–Kier alpha value is -2.27. The fourth-order valence-electron chi connectivity index (χ4n) is 2.23. The van der Waals surface area contributed by atoms with Gasteiger partial charge in [-0.15, -0.1) is 0 Å². The minimum Gasteiger partial charge on any atom is -0.493 e. The summed E-state index contributed by atoms with van der Waals surface area (Å²) < 4.78 is 16.0. The van der Waals surface area contributed by atoms with Gasteiger partial charge in [-0.1, -0.05) is 6.07 Å². The fraction of sp³-hybridized carbons (Fsp3) is 0.267. The summed E-state index contributed by atoms with van der Waals surface area (Å²) in [6.07, 6.45) is 2.61. The van der Waals surface area contributed by atoms with Crippen LogP contribution in [0.25, 0.3) is 0 Å². The predicted octanol–water partition coefficient (Wildman–Crippen LogP) is 2.21. The van der Waals surface area contributed by atoms with E-state index in [-0.39, 0.29) is 6.79 Å². The topological polar surface area (TPSA) is 60.8 Å². The van der Waals surface area contributed by atoms with Crippen LogP contribution in [-0.2, 0) is 0 Å². The first kappa shape index (κ1) is 12.7. The van der Waals surface area contributed by atoms with Gasteiger partial charge in [-0.2, -0.15) is 0 Å². The number of aliphatic hydroxyl groups is 1. The summed E-state index contributed by atoms with van der Waals surface area (Å²) in [6, 6.07) is 5.41. The molecule has 0 saturated carbocycles. The summed E-state index contributed by atoms with van der Waals surface area (Å²) >= 11 is 0. The molecule has 0 saturated heterocycles. The number of aromatic nitrogens is 1. The lowest BCUT2D eigenvalue weighted by molar-refractivity contribution is 0.171. The zero-order valence-corrected chi connectivity index (χ0v) is 11.3. The van der Waals surface area contributed by atoms with Gasteiger partial charge in [0.2, 0.25) is 12.5 Å². The van der Waals surface area contributed by atoms with Gasteiger partial charge in [0, 0.05) is 18.0 Å². The van der Waals surface area contributed by atoms with Gasteiger partial charge in [0.25, 0.3) is 0 Å². The Morgan fingerprint density at radius 1 is 1.20 bits per heavy atom. The van der Waals surface area contributed by atoms with Crippen LogP contribution in [0.4, 0.5) is 0 Å². The molecule has 0 aliphatic carbocycles. The molecule has 1 aromatic carbocycles. The highest BCUT2D eigenvalue weighted by molar-refractivity contribution is 5.56. The van der Waals surface area contributed by atoms with E-state index in [1.807, 2.05) is 13.0 Å². The summed E-state index contributed by atoms with van der Waals surface area (Å²) in [7, 11) is 1.56. The normalized spacial score (nSPS) is 14.2. The molecule has 5 nitrogen and oxygen atoms in total. The average molecular weight is 273 g/mol. The maximum Gasteiger partial charge on any atom is 0.231 e. The van der Waals surface area contributed by atoms with Gasteiger partial charge in [0.1, 0.15) is 6.10 Å². The van der Waals surface area contributed by atoms with Crippen molar-refractivity contribution in [3.63, 3.8) is 0 Å². The number of aliphatic hydroxyl groups excluding tert-OH is 1. The van der Waals surface area contributed by atoms with Crippen molar-refractivity contribution in [2.45, 2.75) is 13.0 Å². The summed E-state index contributed by atoms with van der Waals surface area (Å²) in [6.45, 7) is 2.10. The van der Waals surface area contributed by atoms with Crippen molar-refractivity contribution in [2.75, 3.05) is 13.9 Å². The first-order valence-corrected chi connectivity index (χ1v) is 6.26. The maximum atomic E-state index is 10.5. The van der Waals surface area contributed by atoms with Gasteiger partial charge in [-0.3, -0.25) is 4.98 Å². The van der Waals surface area contributed by atoms with Crippen LogP contribution in [0.15, 0.2) is 30.6 Å². The number of rotatable bonds is 3. The van der Waals surface area contributed by atoms with Gasteiger partial charge in [0.15, 0.2) is 11.5 Å². The van der Waals surface area contributed by atoms with E-state index in [0.717, 1.165) is 11.1 Å². The minimum absolute atomic E-state index is 0.164. The largest absolute Gasteiger partial charge is 0.493 e. The number of hydrogen-bond acceptors (Lipinski definition) is 5. The molecule has 1 aliphatic heterocycles. The van der Waals surface area contributed by atoms with Crippen LogP contribution in [0, 0.1) is 6.92 Å². The number of benzene rings is 1. The van der Waals surface area contributed by atoms with Gasteiger partial charge >= 0.3 is 0 Å². The number of hydrogen-bond donors (Lipinski definition) is 1. The molecule has 1 atom stereocenters. The SMILES string of the molecule is COc1cc(C(O)c2cncc(C)c2)cc2c1OCO2. The van der Waals surface area contributed by atoms with Crippen LogP contribution in [0.3, 0.4) is 0 Å². The zero-order chi connectivity index (χ0) is 14.1. The molecule has 3 rings (SSSR count).